The first-order valence-electron chi connectivity index (χ1n) is 6.28. The summed E-state index contributed by atoms with van der Waals surface area (Å²) in [5.74, 6) is 0. The summed E-state index contributed by atoms with van der Waals surface area (Å²) < 4.78 is 2.03. The highest BCUT2D eigenvalue weighted by Crippen LogP contribution is 2.25. The van der Waals surface area contributed by atoms with Gasteiger partial charge in [0.1, 0.15) is 0 Å². The van der Waals surface area contributed by atoms with Crippen LogP contribution >= 0.6 is 11.6 Å². The largest absolute Gasteiger partial charge is 0.332 e. The number of aromatic nitrogens is 5. The van der Waals surface area contributed by atoms with Crippen LogP contribution in [0.5, 0.6) is 0 Å². The van der Waals surface area contributed by atoms with Gasteiger partial charge in [-0.1, -0.05) is 11.6 Å². The SMILES string of the molecule is Cn1c(=O)c2nn(-c3ccc(Cl)cc3[N+](=O)[O-])nc2n(C)c1=O. The number of benzene rings is 1. The van der Waals surface area contributed by atoms with Crippen molar-refractivity contribution >= 4 is 28.5 Å². The van der Waals surface area contributed by atoms with E-state index in [1.165, 1.54) is 26.2 Å². The van der Waals surface area contributed by atoms with Crippen LogP contribution in [0.3, 0.4) is 0 Å². The first-order chi connectivity index (χ1) is 10.8. The summed E-state index contributed by atoms with van der Waals surface area (Å²) in [6, 6.07) is 3.96. The van der Waals surface area contributed by atoms with Crippen molar-refractivity contribution in [3.63, 3.8) is 0 Å². The molecular weight excluding hydrogens is 328 g/mol. The molecule has 0 fully saturated rings. The zero-order valence-corrected chi connectivity index (χ0v) is 12.7. The van der Waals surface area contributed by atoms with Crippen LogP contribution in [-0.2, 0) is 14.1 Å². The Hall–Kier alpha value is -3.01. The summed E-state index contributed by atoms with van der Waals surface area (Å²) in [6.45, 7) is 0. The number of fused-ring (bicyclic) bond motifs is 1. The van der Waals surface area contributed by atoms with Crippen LogP contribution in [0.25, 0.3) is 16.9 Å². The van der Waals surface area contributed by atoms with Gasteiger partial charge in [0.2, 0.25) is 0 Å². The molecule has 0 radical (unpaired) electrons. The van der Waals surface area contributed by atoms with Gasteiger partial charge in [-0.05, 0) is 12.1 Å². The molecule has 0 aliphatic carbocycles. The average molecular weight is 337 g/mol. The van der Waals surface area contributed by atoms with Crippen molar-refractivity contribution in [1.29, 1.82) is 0 Å². The third kappa shape index (κ3) is 2.19. The predicted molar refractivity (Wildman–Crippen MR) is 81.0 cm³/mol. The molecule has 0 unspecified atom stereocenters. The van der Waals surface area contributed by atoms with Crippen molar-refractivity contribution in [2.75, 3.05) is 0 Å². The minimum atomic E-state index is -0.633. The molecule has 23 heavy (non-hydrogen) atoms. The third-order valence-electron chi connectivity index (χ3n) is 3.34. The Morgan fingerprint density at radius 2 is 1.87 bits per heavy atom. The molecule has 3 aromatic rings. The van der Waals surface area contributed by atoms with Crippen molar-refractivity contribution in [3.05, 3.63) is 54.2 Å². The molecule has 10 nitrogen and oxygen atoms in total. The second-order valence-electron chi connectivity index (χ2n) is 4.76. The topological polar surface area (TPSA) is 118 Å². The molecule has 0 N–H and O–H groups in total. The fraction of sp³-hybridized carbons (Fsp3) is 0.167. The highest BCUT2D eigenvalue weighted by molar-refractivity contribution is 6.30. The lowest BCUT2D eigenvalue weighted by molar-refractivity contribution is -0.384. The van der Waals surface area contributed by atoms with Crippen LogP contribution in [0.1, 0.15) is 0 Å². The van der Waals surface area contributed by atoms with Crippen molar-refractivity contribution in [2.45, 2.75) is 0 Å². The molecule has 3 rings (SSSR count). The second-order valence-corrected chi connectivity index (χ2v) is 5.19. The van der Waals surface area contributed by atoms with Crippen LogP contribution in [0.2, 0.25) is 5.02 Å². The van der Waals surface area contributed by atoms with Gasteiger partial charge in [0, 0.05) is 25.2 Å². The molecule has 0 amide bonds. The molecule has 2 aromatic heterocycles. The molecule has 0 aliphatic rings. The minimum absolute atomic E-state index is 0.0300. The lowest BCUT2D eigenvalue weighted by atomic mass is 10.3. The molecule has 0 aliphatic heterocycles. The van der Waals surface area contributed by atoms with E-state index in [2.05, 4.69) is 10.2 Å². The Kier molecular flexibility index (Phi) is 3.25. The summed E-state index contributed by atoms with van der Waals surface area (Å²) in [5.41, 5.74) is -1.53. The van der Waals surface area contributed by atoms with Gasteiger partial charge in [0.05, 0.1) is 4.92 Å². The molecule has 0 saturated carbocycles. The van der Waals surface area contributed by atoms with Gasteiger partial charge in [-0.2, -0.15) is 0 Å². The minimum Gasteiger partial charge on any atom is -0.278 e. The molecule has 0 bridgehead atoms. The number of nitro groups is 1. The highest BCUT2D eigenvalue weighted by Gasteiger charge is 2.21. The fourth-order valence-electron chi connectivity index (χ4n) is 2.14. The van der Waals surface area contributed by atoms with Crippen molar-refractivity contribution in [1.82, 2.24) is 24.1 Å². The Balaban J connectivity index is 2.38. The van der Waals surface area contributed by atoms with Gasteiger partial charge in [-0.15, -0.1) is 15.0 Å². The van der Waals surface area contributed by atoms with E-state index in [-0.39, 0.29) is 27.6 Å². The first-order valence-corrected chi connectivity index (χ1v) is 6.66. The van der Waals surface area contributed by atoms with Gasteiger partial charge in [0.15, 0.2) is 16.9 Å². The van der Waals surface area contributed by atoms with Gasteiger partial charge >= 0.3 is 5.69 Å². The van der Waals surface area contributed by atoms with E-state index in [4.69, 9.17) is 11.6 Å². The highest BCUT2D eigenvalue weighted by atomic mass is 35.5. The van der Waals surface area contributed by atoms with Crippen LogP contribution < -0.4 is 11.2 Å². The summed E-state index contributed by atoms with van der Waals surface area (Å²) in [4.78, 5) is 35.5. The Morgan fingerprint density at radius 3 is 2.52 bits per heavy atom. The number of hydrogen-bond acceptors (Lipinski definition) is 6. The summed E-state index contributed by atoms with van der Waals surface area (Å²) in [5, 5.41) is 19.4. The normalized spacial score (nSPS) is 11.1. The molecule has 0 saturated heterocycles. The van der Waals surface area contributed by atoms with Crippen LogP contribution in [0.4, 0.5) is 5.69 Å². The van der Waals surface area contributed by atoms with Crippen molar-refractivity contribution < 1.29 is 4.92 Å². The maximum absolute atomic E-state index is 12.1. The van der Waals surface area contributed by atoms with Crippen LogP contribution in [0.15, 0.2) is 27.8 Å². The molecule has 0 spiro atoms. The van der Waals surface area contributed by atoms with Gasteiger partial charge in [0.25, 0.3) is 11.2 Å². The Bertz CT molecular complexity index is 1080. The van der Waals surface area contributed by atoms with E-state index < -0.39 is 16.2 Å². The zero-order chi connectivity index (χ0) is 16.9. The summed E-state index contributed by atoms with van der Waals surface area (Å²) in [7, 11) is 2.74. The van der Waals surface area contributed by atoms with E-state index >= 15 is 0 Å². The van der Waals surface area contributed by atoms with E-state index in [0.717, 1.165) is 20.0 Å². The van der Waals surface area contributed by atoms with Gasteiger partial charge in [-0.25, -0.2) is 4.79 Å². The molecule has 1 aromatic carbocycles. The average Bonchev–Trinajstić information content (AvgIpc) is 2.96. The van der Waals surface area contributed by atoms with Crippen molar-refractivity contribution in [2.24, 2.45) is 14.1 Å². The number of nitrogens with zero attached hydrogens (tertiary/aromatic N) is 6. The third-order valence-corrected chi connectivity index (χ3v) is 3.58. The van der Waals surface area contributed by atoms with Crippen LogP contribution in [-0.4, -0.2) is 29.1 Å². The summed E-state index contributed by atoms with van der Waals surface area (Å²) in [6.07, 6.45) is 0. The maximum atomic E-state index is 12.1. The molecule has 0 atom stereocenters. The van der Waals surface area contributed by atoms with E-state index in [1.807, 2.05) is 0 Å². The second kappa shape index (κ2) is 5.02. The first kappa shape index (κ1) is 14.9. The number of halogens is 1. The smallest absolute Gasteiger partial charge is 0.278 e. The monoisotopic (exact) mass is 336 g/mol. The van der Waals surface area contributed by atoms with Gasteiger partial charge in [-0.3, -0.25) is 24.0 Å². The standard InChI is InChI=1S/C12H9ClN6O4/c1-16-10-9(11(20)17(2)12(16)21)14-18(15-10)7-4-3-6(13)5-8(7)19(22)23/h3-5H,1-2H3. The number of nitro benzene ring substituents is 1. The molecule has 2 heterocycles. The number of rotatable bonds is 2. The quantitative estimate of drug-likeness (QED) is 0.493. The van der Waals surface area contributed by atoms with E-state index in [1.54, 1.807) is 0 Å². The number of aryl methyl sites for hydroxylation is 1. The molecular formula is C12H9ClN6O4. The van der Waals surface area contributed by atoms with E-state index in [9.17, 15) is 19.7 Å². The fourth-order valence-corrected chi connectivity index (χ4v) is 2.31. The maximum Gasteiger partial charge on any atom is 0.332 e. The lowest BCUT2D eigenvalue weighted by Gasteiger charge is -2.01. The van der Waals surface area contributed by atoms with Crippen molar-refractivity contribution in [3.8, 4) is 5.69 Å². The predicted octanol–water partition coefficient (Wildman–Crippen LogP) is 0.379. The molecule has 118 valence electrons. The van der Waals surface area contributed by atoms with E-state index in [0.29, 0.717) is 0 Å². The van der Waals surface area contributed by atoms with Gasteiger partial charge < -0.3 is 0 Å². The molecule has 11 heteroatoms. The Morgan fingerprint density at radius 1 is 1.17 bits per heavy atom. The zero-order valence-electron chi connectivity index (χ0n) is 11.9. The summed E-state index contributed by atoms with van der Waals surface area (Å²) >= 11 is 5.77. The van der Waals surface area contributed by atoms with Crippen LogP contribution in [0, 0.1) is 10.1 Å². The number of hydrogen-bond donors (Lipinski definition) is 0. The Labute approximate surface area is 132 Å². The lowest BCUT2D eigenvalue weighted by Crippen LogP contribution is -2.36.